The third-order valence-corrected chi connectivity index (χ3v) is 2.58. The van der Waals surface area contributed by atoms with Crippen LogP contribution in [0.4, 0.5) is 17.2 Å². The fourth-order valence-electron chi connectivity index (χ4n) is 1.42. The Balaban J connectivity index is 2.17. The van der Waals surface area contributed by atoms with Gasteiger partial charge in [-0.1, -0.05) is 0 Å². The van der Waals surface area contributed by atoms with Gasteiger partial charge in [0.05, 0.1) is 4.92 Å². The third kappa shape index (κ3) is 2.77. The number of nitro groups is 1. The highest BCUT2D eigenvalue weighted by Crippen LogP contribution is 2.15. The summed E-state index contributed by atoms with van der Waals surface area (Å²) in [4.78, 5) is 21.1. The van der Waals surface area contributed by atoms with Gasteiger partial charge in [-0.2, -0.15) is 0 Å². The molecule has 98 valence electrons. The first kappa shape index (κ1) is 12.8. The summed E-state index contributed by atoms with van der Waals surface area (Å²) in [7, 11) is 0. The molecular formula is C10H9N5O3S. The maximum Gasteiger partial charge on any atom is 0.269 e. The minimum Gasteiger partial charge on any atom is -0.383 e. The van der Waals surface area contributed by atoms with Gasteiger partial charge in [0.1, 0.15) is 5.82 Å². The Bertz CT molecular complexity index is 688. The second kappa shape index (κ2) is 4.90. The molecule has 1 aromatic carbocycles. The van der Waals surface area contributed by atoms with E-state index < -0.39 is 4.92 Å². The molecule has 0 saturated heterocycles. The summed E-state index contributed by atoms with van der Waals surface area (Å²) in [6.07, 6.45) is 0. The van der Waals surface area contributed by atoms with Crippen molar-refractivity contribution in [3.8, 4) is 0 Å². The molecule has 0 fully saturated rings. The Labute approximate surface area is 112 Å². The predicted molar refractivity (Wildman–Crippen MR) is 74.2 cm³/mol. The average molecular weight is 279 g/mol. The quantitative estimate of drug-likeness (QED) is 0.427. The van der Waals surface area contributed by atoms with Gasteiger partial charge in [-0.05, 0) is 24.4 Å². The van der Waals surface area contributed by atoms with Crippen LogP contribution in [0.15, 0.2) is 35.1 Å². The second-order valence-electron chi connectivity index (χ2n) is 3.61. The highest BCUT2D eigenvalue weighted by atomic mass is 32.1. The van der Waals surface area contributed by atoms with Crippen molar-refractivity contribution in [2.75, 3.05) is 11.1 Å². The largest absolute Gasteiger partial charge is 0.383 e. The molecule has 0 radical (unpaired) electrons. The fourth-order valence-corrected chi connectivity index (χ4v) is 1.69. The smallest absolute Gasteiger partial charge is 0.269 e. The molecule has 2 rings (SSSR count). The van der Waals surface area contributed by atoms with Gasteiger partial charge in [0, 0.05) is 23.9 Å². The minimum absolute atomic E-state index is 0.0228. The molecule has 1 aromatic heterocycles. The number of non-ortho nitro benzene ring substituents is 1. The van der Waals surface area contributed by atoms with E-state index in [2.05, 4.69) is 10.4 Å². The van der Waals surface area contributed by atoms with Crippen LogP contribution >= 0.6 is 12.2 Å². The van der Waals surface area contributed by atoms with Crippen molar-refractivity contribution in [1.82, 2.24) is 9.78 Å². The topological polar surface area (TPSA) is 119 Å². The summed E-state index contributed by atoms with van der Waals surface area (Å²) in [6.45, 7) is 0. The Morgan fingerprint density at radius 2 is 2.05 bits per heavy atom. The van der Waals surface area contributed by atoms with Gasteiger partial charge in [0.15, 0.2) is 5.11 Å². The average Bonchev–Trinajstić information content (AvgIpc) is 2.69. The molecule has 1 heterocycles. The summed E-state index contributed by atoms with van der Waals surface area (Å²) in [5.41, 5.74) is 5.73. The van der Waals surface area contributed by atoms with Gasteiger partial charge >= 0.3 is 0 Å². The lowest BCUT2D eigenvalue weighted by atomic mass is 10.3. The number of nitrogens with one attached hydrogen (secondary N) is 2. The molecule has 0 aliphatic heterocycles. The molecule has 0 aliphatic rings. The predicted octanol–water partition coefficient (Wildman–Crippen LogP) is 0.912. The van der Waals surface area contributed by atoms with E-state index in [1.54, 1.807) is 0 Å². The van der Waals surface area contributed by atoms with Gasteiger partial charge in [0.25, 0.3) is 11.2 Å². The first-order chi connectivity index (χ1) is 8.97. The molecule has 9 heteroatoms. The number of anilines is 2. The van der Waals surface area contributed by atoms with Crippen LogP contribution in [0.5, 0.6) is 0 Å². The summed E-state index contributed by atoms with van der Waals surface area (Å²) < 4.78 is 1.21. The third-order valence-electron chi connectivity index (χ3n) is 2.29. The fraction of sp³-hybridized carbons (Fsp3) is 0. The van der Waals surface area contributed by atoms with Crippen LogP contribution in [0.3, 0.4) is 0 Å². The van der Waals surface area contributed by atoms with Crippen molar-refractivity contribution < 1.29 is 4.92 Å². The van der Waals surface area contributed by atoms with Crippen molar-refractivity contribution in [1.29, 1.82) is 0 Å². The molecule has 0 spiro atoms. The van der Waals surface area contributed by atoms with Crippen LogP contribution in [0.25, 0.3) is 0 Å². The first-order valence-corrected chi connectivity index (χ1v) is 5.51. The number of thiocarbonyl (C=S) groups is 1. The normalized spacial score (nSPS) is 10.1. The summed E-state index contributed by atoms with van der Waals surface area (Å²) in [5.74, 6) is 0.171. The van der Waals surface area contributed by atoms with Gasteiger partial charge in [0.2, 0.25) is 0 Å². The lowest BCUT2D eigenvalue weighted by Gasteiger charge is -2.09. The number of nitrogen functional groups attached to an aromatic ring is 1. The van der Waals surface area contributed by atoms with E-state index in [-0.39, 0.29) is 22.2 Å². The molecule has 8 nitrogen and oxygen atoms in total. The Kier molecular flexibility index (Phi) is 3.29. The molecule has 0 atom stereocenters. The van der Waals surface area contributed by atoms with Crippen LogP contribution in [0.2, 0.25) is 0 Å². The van der Waals surface area contributed by atoms with Crippen LogP contribution < -0.4 is 16.6 Å². The van der Waals surface area contributed by atoms with Crippen LogP contribution in [0, 0.1) is 10.1 Å². The highest BCUT2D eigenvalue weighted by molar-refractivity contribution is 7.80. The van der Waals surface area contributed by atoms with E-state index in [1.165, 1.54) is 35.0 Å². The number of rotatable bonds is 2. The lowest BCUT2D eigenvalue weighted by Crippen LogP contribution is -2.23. The Morgan fingerprint density at radius 1 is 1.42 bits per heavy atom. The van der Waals surface area contributed by atoms with E-state index in [4.69, 9.17) is 18.0 Å². The van der Waals surface area contributed by atoms with E-state index in [9.17, 15) is 14.9 Å². The molecule has 0 saturated carbocycles. The number of H-pyrrole nitrogens is 1. The van der Waals surface area contributed by atoms with Gasteiger partial charge in [-0.15, -0.1) is 0 Å². The Hall–Kier alpha value is -2.68. The maximum atomic E-state index is 11.1. The summed E-state index contributed by atoms with van der Waals surface area (Å²) >= 11 is 5.06. The van der Waals surface area contributed by atoms with Gasteiger partial charge < -0.3 is 11.1 Å². The number of aromatic amines is 1. The SMILES string of the molecule is Nc1cc(=O)[nH]n1C(=S)Nc1ccc([N+](=O)[O-])cc1. The number of nitro benzene ring substituents is 1. The van der Waals surface area contributed by atoms with Crippen molar-refractivity contribution in [3.05, 3.63) is 50.8 Å². The molecule has 0 amide bonds. The molecule has 19 heavy (non-hydrogen) atoms. The molecular weight excluding hydrogens is 270 g/mol. The highest BCUT2D eigenvalue weighted by Gasteiger charge is 2.08. The maximum absolute atomic E-state index is 11.1. The van der Waals surface area contributed by atoms with E-state index in [0.717, 1.165) is 0 Å². The van der Waals surface area contributed by atoms with E-state index in [0.29, 0.717) is 5.69 Å². The monoisotopic (exact) mass is 279 g/mol. The molecule has 0 unspecified atom stereocenters. The number of hydrogen-bond donors (Lipinski definition) is 3. The number of nitrogens with two attached hydrogens (primary N) is 1. The number of nitrogens with zero attached hydrogens (tertiary/aromatic N) is 2. The standard InChI is InChI=1S/C10H9N5O3S/c11-8-5-9(16)13-14(8)10(19)12-6-1-3-7(4-2-6)15(17)18/h1-5H,11H2,(H,12,19)(H,13,16). The Morgan fingerprint density at radius 3 is 2.53 bits per heavy atom. The lowest BCUT2D eigenvalue weighted by molar-refractivity contribution is -0.384. The summed E-state index contributed by atoms with van der Waals surface area (Å²) in [5, 5.41) is 15.9. The van der Waals surface area contributed by atoms with Crippen LogP contribution in [0.1, 0.15) is 0 Å². The van der Waals surface area contributed by atoms with Crippen LogP contribution in [-0.4, -0.2) is 19.8 Å². The van der Waals surface area contributed by atoms with E-state index >= 15 is 0 Å². The van der Waals surface area contributed by atoms with Crippen molar-refractivity contribution in [3.63, 3.8) is 0 Å². The van der Waals surface area contributed by atoms with Crippen molar-refractivity contribution in [2.24, 2.45) is 0 Å². The molecule has 2 aromatic rings. The number of aromatic nitrogens is 2. The second-order valence-corrected chi connectivity index (χ2v) is 4.00. The van der Waals surface area contributed by atoms with Crippen molar-refractivity contribution in [2.45, 2.75) is 0 Å². The molecule has 4 N–H and O–H groups in total. The van der Waals surface area contributed by atoms with E-state index in [1.807, 2.05) is 0 Å². The van der Waals surface area contributed by atoms with Crippen molar-refractivity contribution >= 4 is 34.5 Å². The zero-order valence-electron chi connectivity index (χ0n) is 9.49. The summed E-state index contributed by atoms with van der Waals surface area (Å²) in [6, 6.07) is 6.88. The zero-order chi connectivity index (χ0) is 14.0. The van der Waals surface area contributed by atoms with Gasteiger partial charge in [-0.3, -0.25) is 20.0 Å². The first-order valence-electron chi connectivity index (χ1n) is 5.11. The minimum atomic E-state index is -0.497. The zero-order valence-corrected chi connectivity index (χ0v) is 10.3. The van der Waals surface area contributed by atoms with Crippen LogP contribution in [-0.2, 0) is 0 Å². The number of hydrogen-bond acceptors (Lipinski definition) is 5. The number of benzene rings is 1. The molecule has 0 bridgehead atoms. The van der Waals surface area contributed by atoms with Gasteiger partial charge in [-0.25, -0.2) is 4.68 Å². The molecule has 0 aliphatic carbocycles.